The van der Waals surface area contributed by atoms with Gasteiger partial charge in [0, 0.05) is 19.0 Å². The second-order valence-electron chi connectivity index (χ2n) is 7.57. The highest BCUT2D eigenvalue weighted by Gasteiger charge is 2.48. The second kappa shape index (κ2) is 6.73. The number of fused-ring (bicyclic) bond motifs is 1. The van der Waals surface area contributed by atoms with Crippen molar-refractivity contribution in [3.63, 3.8) is 0 Å². The largest absolute Gasteiger partial charge is 0.458 e. The number of likely N-dealkylation sites (tertiary alicyclic amines) is 1. The van der Waals surface area contributed by atoms with E-state index in [1.54, 1.807) is 0 Å². The first-order valence-electron chi connectivity index (χ1n) is 9.56. The van der Waals surface area contributed by atoms with Crippen LogP contribution >= 0.6 is 0 Å². The van der Waals surface area contributed by atoms with Crippen molar-refractivity contribution in [2.45, 2.75) is 70.3 Å². The van der Waals surface area contributed by atoms with Gasteiger partial charge in [-0.1, -0.05) is 32.1 Å². The van der Waals surface area contributed by atoms with Crippen molar-refractivity contribution in [1.82, 2.24) is 9.91 Å². The van der Waals surface area contributed by atoms with Gasteiger partial charge in [-0.05, 0) is 25.7 Å². The van der Waals surface area contributed by atoms with Gasteiger partial charge in [0.25, 0.3) is 0 Å². The number of carbonyl (C=O) groups excluding carboxylic acids is 2. The van der Waals surface area contributed by atoms with Gasteiger partial charge in [0.15, 0.2) is 6.73 Å². The highest BCUT2D eigenvalue weighted by molar-refractivity contribution is 6.05. The Morgan fingerprint density at radius 2 is 1.54 bits per heavy atom. The molecule has 0 bridgehead atoms. The van der Waals surface area contributed by atoms with Gasteiger partial charge in [0.05, 0.1) is 11.8 Å². The average Bonchev–Trinajstić information content (AvgIpc) is 3.19. The first kappa shape index (κ1) is 15.9. The van der Waals surface area contributed by atoms with Crippen LogP contribution in [0, 0.1) is 11.8 Å². The third kappa shape index (κ3) is 2.91. The minimum absolute atomic E-state index is 0.0348. The van der Waals surface area contributed by atoms with E-state index in [-0.39, 0.29) is 30.4 Å². The molecule has 2 aliphatic carbocycles. The molecule has 2 aliphatic heterocycles. The zero-order valence-corrected chi connectivity index (χ0v) is 14.3. The zero-order valence-electron chi connectivity index (χ0n) is 14.3. The van der Waals surface area contributed by atoms with Crippen molar-refractivity contribution in [2.24, 2.45) is 16.9 Å². The Labute approximate surface area is 143 Å². The Bertz CT molecular complexity index is 518. The van der Waals surface area contributed by atoms with Crippen LogP contribution in [-0.2, 0) is 14.3 Å². The molecule has 4 rings (SSSR count). The lowest BCUT2D eigenvalue weighted by Crippen LogP contribution is -2.34. The lowest BCUT2D eigenvalue weighted by atomic mass is 9.81. The molecule has 132 valence electrons. The first-order chi connectivity index (χ1) is 11.7. The molecule has 0 N–H and O–H groups in total. The molecule has 0 radical (unpaired) electrons. The van der Waals surface area contributed by atoms with Crippen LogP contribution in [0.4, 0.5) is 0 Å². The van der Waals surface area contributed by atoms with Gasteiger partial charge >= 0.3 is 0 Å². The summed E-state index contributed by atoms with van der Waals surface area (Å²) in [5.41, 5.74) is 0. The van der Waals surface area contributed by atoms with Crippen molar-refractivity contribution >= 4 is 17.7 Å². The third-order valence-electron chi connectivity index (χ3n) is 6.08. The van der Waals surface area contributed by atoms with E-state index in [9.17, 15) is 9.59 Å². The number of hydrazone groups is 1. The van der Waals surface area contributed by atoms with E-state index in [0.29, 0.717) is 11.9 Å². The van der Waals surface area contributed by atoms with Gasteiger partial charge in [0.2, 0.25) is 17.7 Å². The van der Waals surface area contributed by atoms with Crippen LogP contribution in [0.1, 0.15) is 64.2 Å². The van der Waals surface area contributed by atoms with Crippen LogP contribution in [0.5, 0.6) is 0 Å². The molecule has 0 aromatic heterocycles. The summed E-state index contributed by atoms with van der Waals surface area (Å²) in [6.07, 6.45) is 10.9. The molecule has 24 heavy (non-hydrogen) atoms. The van der Waals surface area contributed by atoms with Crippen molar-refractivity contribution in [3.05, 3.63) is 0 Å². The Hall–Kier alpha value is -1.59. The molecule has 0 aromatic carbocycles. The Morgan fingerprint density at radius 1 is 0.917 bits per heavy atom. The molecule has 0 aromatic rings. The normalized spacial score (nSPS) is 31.4. The molecule has 2 heterocycles. The van der Waals surface area contributed by atoms with Crippen molar-refractivity contribution in [1.29, 1.82) is 0 Å². The maximum absolute atomic E-state index is 12.4. The zero-order chi connectivity index (χ0) is 16.5. The molecule has 6 heteroatoms. The van der Waals surface area contributed by atoms with Gasteiger partial charge in [0.1, 0.15) is 0 Å². The van der Waals surface area contributed by atoms with Crippen LogP contribution in [0.25, 0.3) is 0 Å². The maximum Gasteiger partial charge on any atom is 0.235 e. The Balaban J connectivity index is 1.33. The number of rotatable bonds is 3. The highest BCUT2D eigenvalue weighted by Crippen LogP contribution is 2.38. The topological polar surface area (TPSA) is 62.2 Å². The molecule has 4 aliphatic rings. The molecule has 1 saturated heterocycles. The molecule has 2 atom stereocenters. The fourth-order valence-electron chi connectivity index (χ4n) is 4.70. The third-order valence-corrected chi connectivity index (χ3v) is 6.08. The van der Waals surface area contributed by atoms with Crippen LogP contribution in [0.2, 0.25) is 0 Å². The summed E-state index contributed by atoms with van der Waals surface area (Å²) >= 11 is 0. The summed E-state index contributed by atoms with van der Waals surface area (Å²) in [4.78, 5) is 26.2. The fourth-order valence-corrected chi connectivity index (χ4v) is 4.70. The Kier molecular flexibility index (Phi) is 4.46. The number of nitrogens with zero attached hydrogens (tertiary/aromatic N) is 3. The van der Waals surface area contributed by atoms with Crippen molar-refractivity contribution in [3.8, 4) is 0 Å². The van der Waals surface area contributed by atoms with Crippen LogP contribution in [0.15, 0.2) is 5.10 Å². The number of amides is 2. The van der Waals surface area contributed by atoms with E-state index in [2.05, 4.69) is 10.1 Å². The van der Waals surface area contributed by atoms with E-state index < -0.39 is 0 Å². The molecule has 6 nitrogen and oxygen atoms in total. The lowest BCUT2D eigenvalue weighted by molar-refractivity contribution is -0.143. The minimum Gasteiger partial charge on any atom is -0.458 e. The molecule has 0 spiro atoms. The predicted molar refractivity (Wildman–Crippen MR) is 88.9 cm³/mol. The smallest absolute Gasteiger partial charge is 0.235 e. The summed E-state index contributed by atoms with van der Waals surface area (Å²) in [6, 6.07) is 0.540. The van der Waals surface area contributed by atoms with E-state index >= 15 is 0 Å². The molecule has 3 fully saturated rings. The average molecular weight is 333 g/mol. The number of imide groups is 1. The number of hydrogen-bond donors (Lipinski definition) is 0. The van der Waals surface area contributed by atoms with Crippen molar-refractivity contribution in [2.75, 3.05) is 13.3 Å². The lowest BCUT2D eigenvalue weighted by Gasteiger charge is -2.29. The summed E-state index contributed by atoms with van der Waals surface area (Å²) < 4.78 is 5.75. The van der Waals surface area contributed by atoms with E-state index in [4.69, 9.17) is 4.74 Å². The van der Waals surface area contributed by atoms with Gasteiger partial charge in [-0.3, -0.25) is 14.6 Å². The van der Waals surface area contributed by atoms with Gasteiger partial charge in [-0.25, -0.2) is 4.90 Å². The minimum atomic E-state index is -0.0981. The van der Waals surface area contributed by atoms with Crippen molar-refractivity contribution < 1.29 is 14.3 Å². The SMILES string of the molecule is O=C1C2CCCCC2C(=O)N1COC1=NN(C2CCCCC2)CC1. The standard InChI is InChI=1S/C18H27N3O3/c22-17-14-8-4-5-9-15(14)18(23)20(17)12-24-16-10-11-21(19-16)13-6-2-1-3-7-13/h13-15H,1-12H2. The summed E-state index contributed by atoms with van der Waals surface area (Å²) in [5.74, 6) is 0.411. The number of carbonyl (C=O) groups is 2. The molecule has 2 amide bonds. The summed E-state index contributed by atoms with van der Waals surface area (Å²) in [5, 5.41) is 6.75. The predicted octanol–water partition coefficient (Wildman–Crippen LogP) is 2.49. The first-order valence-corrected chi connectivity index (χ1v) is 9.56. The number of ether oxygens (including phenoxy) is 1. The van der Waals surface area contributed by atoms with E-state index in [1.165, 1.54) is 37.0 Å². The van der Waals surface area contributed by atoms with E-state index in [0.717, 1.165) is 38.6 Å². The number of hydrogen-bond acceptors (Lipinski definition) is 5. The summed E-state index contributed by atoms with van der Waals surface area (Å²) in [6.45, 7) is 0.940. The van der Waals surface area contributed by atoms with Crippen LogP contribution < -0.4 is 0 Å². The summed E-state index contributed by atoms with van der Waals surface area (Å²) in [7, 11) is 0. The van der Waals surface area contributed by atoms with Crippen LogP contribution in [0.3, 0.4) is 0 Å². The fraction of sp³-hybridized carbons (Fsp3) is 0.833. The van der Waals surface area contributed by atoms with Gasteiger partial charge < -0.3 is 4.74 Å². The molecule has 2 saturated carbocycles. The van der Waals surface area contributed by atoms with Crippen LogP contribution in [-0.4, -0.2) is 46.9 Å². The second-order valence-corrected chi connectivity index (χ2v) is 7.57. The van der Waals surface area contributed by atoms with Gasteiger partial charge in [-0.2, -0.15) is 0 Å². The monoisotopic (exact) mass is 333 g/mol. The van der Waals surface area contributed by atoms with Gasteiger partial charge in [-0.15, -0.1) is 5.10 Å². The maximum atomic E-state index is 12.4. The molecular weight excluding hydrogens is 306 g/mol. The van der Waals surface area contributed by atoms with E-state index in [1.807, 2.05) is 0 Å². The Morgan fingerprint density at radius 3 is 2.21 bits per heavy atom. The molecule has 2 unspecified atom stereocenters. The highest BCUT2D eigenvalue weighted by atomic mass is 16.5. The molecular formula is C18H27N3O3. The quantitative estimate of drug-likeness (QED) is 0.745.